The molecule has 0 fully saturated rings. The largest absolute Gasteiger partial charge is 0.383 e. The Kier molecular flexibility index (Phi) is 2.75. The lowest BCUT2D eigenvalue weighted by molar-refractivity contribution is 0.468. The van der Waals surface area contributed by atoms with Crippen LogP contribution in [0.2, 0.25) is 0 Å². The van der Waals surface area contributed by atoms with Crippen LogP contribution in [0.4, 0.5) is 10.1 Å². The Morgan fingerprint density at radius 2 is 2.27 bits per heavy atom. The molecule has 0 radical (unpaired) electrons. The SMILES string of the molecule is CCCC1(C)CNc2c(Br)cc(F)cc21. The number of anilines is 1. The highest BCUT2D eigenvalue weighted by Gasteiger charge is 2.34. The first-order valence-corrected chi connectivity index (χ1v) is 6.09. The fraction of sp³-hybridized carbons (Fsp3) is 0.500. The van der Waals surface area contributed by atoms with Gasteiger partial charge < -0.3 is 5.32 Å². The molecule has 1 N–H and O–H groups in total. The molecule has 1 unspecified atom stereocenters. The third-order valence-corrected chi connectivity index (χ3v) is 3.79. The number of rotatable bonds is 2. The summed E-state index contributed by atoms with van der Waals surface area (Å²) >= 11 is 3.40. The smallest absolute Gasteiger partial charge is 0.124 e. The average Bonchev–Trinajstić information content (AvgIpc) is 2.45. The van der Waals surface area contributed by atoms with E-state index in [-0.39, 0.29) is 11.2 Å². The molecule has 82 valence electrons. The van der Waals surface area contributed by atoms with Gasteiger partial charge in [0.05, 0.1) is 5.69 Å². The molecular formula is C12H15BrFN. The Labute approximate surface area is 98.2 Å². The molecule has 0 bridgehead atoms. The van der Waals surface area contributed by atoms with Crippen molar-refractivity contribution in [2.75, 3.05) is 11.9 Å². The van der Waals surface area contributed by atoms with E-state index in [0.29, 0.717) is 0 Å². The van der Waals surface area contributed by atoms with Gasteiger partial charge in [-0.3, -0.25) is 0 Å². The van der Waals surface area contributed by atoms with Crippen LogP contribution in [0, 0.1) is 5.82 Å². The van der Waals surface area contributed by atoms with Gasteiger partial charge in [-0.25, -0.2) is 4.39 Å². The molecule has 0 aliphatic carbocycles. The summed E-state index contributed by atoms with van der Waals surface area (Å²) < 4.78 is 14.2. The molecule has 0 aromatic heterocycles. The van der Waals surface area contributed by atoms with Crippen molar-refractivity contribution in [1.29, 1.82) is 0 Å². The molecule has 1 aromatic carbocycles. The Bertz CT molecular complexity index is 391. The minimum absolute atomic E-state index is 0.0781. The van der Waals surface area contributed by atoms with Gasteiger partial charge >= 0.3 is 0 Å². The van der Waals surface area contributed by atoms with Crippen LogP contribution in [0.25, 0.3) is 0 Å². The Morgan fingerprint density at radius 1 is 1.53 bits per heavy atom. The lowest BCUT2D eigenvalue weighted by atomic mass is 9.80. The van der Waals surface area contributed by atoms with Gasteiger partial charge in [-0.05, 0) is 40.0 Å². The molecule has 1 nitrogen and oxygen atoms in total. The zero-order valence-corrected chi connectivity index (χ0v) is 10.6. The van der Waals surface area contributed by atoms with Crippen LogP contribution in [0.1, 0.15) is 32.3 Å². The fourth-order valence-corrected chi connectivity index (χ4v) is 2.96. The summed E-state index contributed by atoms with van der Waals surface area (Å²) in [4.78, 5) is 0. The summed E-state index contributed by atoms with van der Waals surface area (Å²) in [6.07, 6.45) is 2.20. The third kappa shape index (κ3) is 1.78. The van der Waals surface area contributed by atoms with Crippen molar-refractivity contribution in [2.24, 2.45) is 0 Å². The average molecular weight is 272 g/mol. The van der Waals surface area contributed by atoms with Crippen molar-refractivity contribution in [3.63, 3.8) is 0 Å². The molecule has 2 rings (SSSR count). The highest BCUT2D eigenvalue weighted by molar-refractivity contribution is 9.10. The Morgan fingerprint density at radius 3 is 2.93 bits per heavy atom. The third-order valence-electron chi connectivity index (χ3n) is 3.16. The first-order chi connectivity index (χ1) is 7.07. The Hall–Kier alpha value is -0.570. The van der Waals surface area contributed by atoms with Crippen molar-refractivity contribution in [2.45, 2.75) is 32.1 Å². The molecule has 0 amide bonds. The zero-order valence-electron chi connectivity index (χ0n) is 9.03. The molecule has 1 aliphatic rings. The van der Waals surface area contributed by atoms with Gasteiger partial charge in [-0.2, -0.15) is 0 Å². The maximum absolute atomic E-state index is 13.3. The molecule has 0 spiro atoms. The highest BCUT2D eigenvalue weighted by atomic mass is 79.9. The highest BCUT2D eigenvalue weighted by Crippen LogP contribution is 2.43. The topological polar surface area (TPSA) is 12.0 Å². The minimum Gasteiger partial charge on any atom is -0.383 e. The summed E-state index contributed by atoms with van der Waals surface area (Å²) in [5.41, 5.74) is 2.25. The van der Waals surface area contributed by atoms with Crippen LogP contribution >= 0.6 is 15.9 Å². The maximum Gasteiger partial charge on any atom is 0.124 e. The van der Waals surface area contributed by atoms with Gasteiger partial charge in [-0.15, -0.1) is 0 Å². The normalized spacial score (nSPS) is 23.7. The number of benzene rings is 1. The molecule has 1 aliphatic heterocycles. The zero-order chi connectivity index (χ0) is 11.1. The minimum atomic E-state index is -0.161. The van der Waals surface area contributed by atoms with Gasteiger partial charge in [0.25, 0.3) is 0 Å². The van der Waals surface area contributed by atoms with Gasteiger partial charge in [0.15, 0.2) is 0 Å². The molecule has 3 heteroatoms. The predicted molar refractivity (Wildman–Crippen MR) is 64.8 cm³/mol. The van der Waals surface area contributed by atoms with Crippen LogP contribution in [0.5, 0.6) is 0 Å². The van der Waals surface area contributed by atoms with E-state index < -0.39 is 0 Å². The van der Waals surface area contributed by atoms with Crippen molar-refractivity contribution in [3.8, 4) is 0 Å². The standard InChI is InChI=1S/C12H15BrFN/c1-3-4-12(2)7-15-11-9(12)5-8(14)6-10(11)13/h5-6,15H,3-4,7H2,1-2H3. The first kappa shape index (κ1) is 10.9. The number of nitrogens with one attached hydrogen (secondary N) is 1. The monoisotopic (exact) mass is 271 g/mol. The molecule has 1 atom stereocenters. The predicted octanol–water partition coefficient (Wildman–Crippen LogP) is 4.07. The van der Waals surface area contributed by atoms with Gasteiger partial charge in [0, 0.05) is 16.4 Å². The van der Waals surface area contributed by atoms with E-state index >= 15 is 0 Å². The molecule has 1 aromatic rings. The van der Waals surface area contributed by atoms with E-state index in [0.717, 1.165) is 35.1 Å². The second-order valence-electron chi connectivity index (χ2n) is 4.47. The lowest BCUT2D eigenvalue weighted by Crippen LogP contribution is -2.23. The van der Waals surface area contributed by atoms with Crippen LogP contribution in [-0.2, 0) is 5.41 Å². The number of fused-ring (bicyclic) bond motifs is 1. The molecule has 0 saturated carbocycles. The summed E-state index contributed by atoms with van der Waals surface area (Å²) in [5, 5.41) is 3.36. The Balaban J connectivity index is 2.50. The van der Waals surface area contributed by atoms with Gasteiger partial charge in [0.1, 0.15) is 5.82 Å². The number of hydrogen-bond acceptors (Lipinski definition) is 1. The van der Waals surface area contributed by atoms with E-state index in [1.54, 1.807) is 6.07 Å². The maximum atomic E-state index is 13.3. The van der Waals surface area contributed by atoms with Crippen LogP contribution < -0.4 is 5.32 Å². The summed E-state index contributed by atoms with van der Waals surface area (Å²) in [6.45, 7) is 5.26. The second kappa shape index (κ2) is 3.78. The van der Waals surface area contributed by atoms with E-state index in [1.807, 2.05) is 0 Å². The van der Waals surface area contributed by atoms with E-state index in [9.17, 15) is 4.39 Å². The van der Waals surface area contributed by atoms with E-state index in [1.165, 1.54) is 6.07 Å². The molecule has 15 heavy (non-hydrogen) atoms. The van der Waals surface area contributed by atoms with Gasteiger partial charge in [0.2, 0.25) is 0 Å². The summed E-state index contributed by atoms with van der Waals surface area (Å²) in [7, 11) is 0. The number of halogens is 2. The van der Waals surface area contributed by atoms with Crippen molar-refractivity contribution in [3.05, 3.63) is 28.0 Å². The second-order valence-corrected chi connectivity index (χ2v) is 5.33. The van der Waals surface area contributed by atoms with Crippen molar-refractivity contribution < 1.29 is 4.39 Å². The number of hydrogen-bond donors (Lipinski definition) is 1. The quantitative estimate of drug-likeness (QED) is 0.855. The lowest BCUT2D eigenvalue weighted by Gasteiger charge is -2.23. The first-order valence-electron chi connectivity index (χ1n) is 5.30. The molecule has 0 saturated heterocycles. The van der Waals surface area contributed by atoms with E-state index in [4.69, 9.17) is 0 Å². The van der Waals surface area contributed by atoms with Gasteiger partial charge in [-0.1, -0.05) is 20.3 Å². The molecular weight excluding hydrogens is 257 g/mol. The van der Waals surface area contributed by atoms with E-state index in [2.05, 4.69) is 35.1 Å². The van der Waals surface area contributed by atoms with Crippen molar-refractivity contribution in [1.82, 2.24) is 0 Å². The molecule has 1 heterocycles. The van der Waals surface area contributed by atoms with Crippen LogP contribution in [-0.4, -0.2) is 6.54 Å². The fourth-order valence-electron chi connectivity index (χ4n) is 2.38. The summed E-state index contributed by atoms with van der Waals surface area (Å²) in [5.74, 6) is -0.161. The van der Waals surface area contributed by atoms with Crippen molar-refractivity contribution >= 4 is 21.6 Å². The van der Waals surface area contributed by atoms with Crippen LogP contribution in [0.3, 0.4) is 0 Å². The van der Waals surface area contributed by atoms with Crippen LogP contribution in [0.15, 0.2) is 16.6 Å². The summed E-state index contributed by atoms with van der Waals surface area (Å²) in [6, 6.07) is 3.18.